The molecule has 0 saturated heterocycles. The van der Waals surface area contributed by atoms with Crippen molar-refractivity contribution in [3.8, 4) is 5.75 Å². The molecule has 0 radical (unpaired) electrons. The lowest BCUT2D eigenvalue weighted by atomic mass is 10.1. The van der Waals surface area contributed by atoms with Crippen LogP contribution in [0.15, 0.2) is 22.7 Å². The van der Waals surface area contributed by atoms with E-state index in [0.29, 0.717) is 19.4 Å². The van der Waals surface area contributed by atoms with Gasteiger partial charge in [-0.2, -0.15) is 0 Å². The van der Waals surface area contributed by atoms with E-state index in [-0.39, 0.29) is 19.1 Å². The summed E-state index contributed by atoms with van der Waals surface area (Å²) in [6.45, 7) is 0.139. The Labute approximate surface area is 131 Å². The number of ether oxygens (including phenoxy) is 2. The fourth-order valence-electron chi connectivity index (χ4n) is 1.63. The Morgan fingerprint density at radius 3 is 2.76 bits per heavy atom. The van der Waals surface area contributed by atoms with Gasteiger partial charge in [-0.1, -0.05) is 6.07 Å². The second-order valence-corrected chi connectivity index (χ2v) is 5.12. The van der Waals surface area contributed by atoms with Crippen molar-refractivity contribution >= 4 is 27.8 Å². The number of rotatable bonds is 9. The molecular weight excluding hydrogens is 342 g/mol. The lowest BCUT2D eigenvalue weighted by molar-refractivity contribution is -0.142. The van der Waals surface area contributed by atoms with Gasteiger partial charge < -0.3 is 19.9 Å². The topological polar surface area (TPSA) is 84.9 Å². The lowest BCUT2D eigenvalue weighted by Crippen LogP contribution is -2.28. The van der Waals surface area contributed by atoms with E-state index in [9.17, 15) is 9.59 Å². The zero-order valence-electron chi connectivity index (χ0n) is 11.7. The summed E-state index contributed by atoms with van der Waals surface area (Å²) in [5, 5.41) is 11.0. The Morgan fingerprint density at radius 1 is 1.38 bits per heavy atom. The fraction of sp³-hybridized carbons (Fsp3) is 0.429. The molecular formula is C14H18BrNO5. The van der Waals surface area contributed by atoms with Crippen LogP contribution in [-0.2, 0) is 20.7 Å². The van der Waals surface area contributed by atoms with Gasteiger partial charge in [0.1, 0.15) is 12.4 Å². The summed E-state index contributed by atoms with van der Waals surface area (Å²) < 4.78 is 10.8. The predicted molar refractivity (Wildman–Crippen MR) is 80.5 cm³/mol. The quantitative estimate of drug-likeness (QED) is 0.654. The number of methoxy groups -OCH3 is 1. The first-order chi connectivity index (χ1) is 10.0. The van der Waals surface area contributed by atoms with E-state index in [1.54, 1.807) is 7.11 Å². The summed E-state index contributed by atoms with van der Waals surface area (Å²) in [6, 6.07) is 5.67. The Bertz CT molecular complexity index is 492. The van der Waals surface area contributed by atoms with Crippen molar-refractivity contribution in [2.45, 2.75) is 12.8 Å². The number of carbonyl (C=O) groups excluding carboxylic acids is 1. The maximum atomic E-state index is 11.6. The summed E-state index contributed by atoms with van der Waals surface area (Å²) in [5.41, 5.74) is 1.03. The van der Waals surface area contributed by atoms with E-state index in [2.05, 4.69) is 21.2 Å². The zero-order chi connectivity index (χ0) is 15.7. The number of carboxylic acid groups (broad SMARTS) is 1. The van der Waals surface area contributed by atoms with Crippen molar-refractivity contribution in [1.82, 2.24) is 5.32 Å². The summed E-state index contributed by atoms with van der Waals surface area (Å²) in [7, 11) is 1.60. The van der Waals surface area contributed by atoms with Crippen molar-refractivity contribution in [2.75, 3.05) is 26.9 Å². The van der Waals surface area contributed by atoms with Crippen LogP contribution >= 0.6 is 15.9 Å². The number of nitrogens with one attached hydrogen (secondary N) is 1. The molecule has 0 bridgehead atoms. The predicted octanol–water partition coefficient (Wildman–Crippen LogP) is 1.61. The van der Waals surface area contributed by atoms with Crippen molar-refractivity contribution in [3.05, 3.63) is 28.2 Å². The minimum atomic E-state index is -1.02. The number of halogens is 1. The molecule has 7 heteroatoms. The molecule has 2 N–H and O–H groups in total. The summed E-state index contributed by atoms with van der Waals surface area (Å²) in [5.74, 6) is -0.369. The second-order valence-electron chi connectivity index (χ2n) is 4.27. The maximum Gasteiger partial charge on any atom is 0.329 e. The highest BCUT2D eigenvalue weighted by atomic mass is 79.9. The van der Waals surface area contributed by atoms with Crippen LogP contribution in [0, 0.1) is 0 Å². The van der Waals surface area contributed by atoms with Crippen molar-refractivity contribution in [3.63, 3.8) is 0 Å². The Balaban J connectivity index is 2.23. The molecule has 0 heterocycles. The Morgan fingerprint density at radius 2 is 2.14 bits per heavy atom. The van der Waals surface area contributed by atoms with Crippen LogP contribution in [0.5, 0.6) is 5.75 Å². The second kappa shape index (κ2) is 9.36. The standard InChI is InChI=1S/C14H18BrNO5/c1-20-12-4-2-10(8-11(12)15)3-5-13(17)16-6-7-21-9-14(18)19/h2,4,8H,3,5-7,9H2,1H3,(H,16,17)(H,18,19). The minimum absolute atomic E-state index is 0.0964. The monoisotopic (exact) mass is 359 g/mol. The van der Waals surface area contributed by atoms with E-state index in [1.807, 2.05) is 18.2 Å². The molecule has 0 aliphatic heterocycles. The normalized spacial score (nSPS) is 10.2. The smallest absolute Gasteiger partial charge is 0.329 e. The van der Waals surface area contributed by atoms with Crippen molar-refractivity contribution < 1.29 is 24.2 Å². The lowest BCUT2D eigenvalue weighted by Gasteiger charge is -2.07. The highest BCUT2D eigenvalue weighted by Crippen LogP contribution is 2.25. The molecule has 21 heavy (non-hydrogen) atoms. The minimum Gasteiger partial charge on any atom is -0.496 e. The average Bonchev–Trinajstić information content (AvgIpc) is 2.44. The van der Waals surface area contributed by atoms with Gasteiger partial charge in [0, 0.05) is 13.0 Å². The van der Waals surface area contributed by atoms with Gasteiger partial charge >= 0.3 is 5.97 Å². The average molecular weight is 360 g/mol. The summed E-state index contributed by atoms with van der Waals surface area (Å²) in [4.78, 5) is 21.8. The molecule has 0 spiro atoms. The van der Waals surface area contributed by atoms with Gasteiger partial charge in [-0.3, -0.25) is 4.79 Å². The third kappa shape index (κ3) is 7.10. The zero-order valence-corrected chi connectivity index (χ0v) is 13.3. The number of hydrogen-bond donors (Lipinski definition) is 2. The van der Waals surface area contributed by atoms with Crippen LogP contribution in [0.4, 0.5) is 0 Å². The molecule has 0 aromatic heterocycles. The van der Waals surface area contributed by atoms with Crippen molar-refractivity contribution in [1.29, 1.82) is 0 Å². The van der Waals surface area contributed by atoms with Crippen LogP contribution < -0.4 is 10.1 Å². The van der Waals surface area contributed by atoms with E-state index in [0.717, 1.165) is 15.8 Å². The SMILES string of the molecule is COc1ccc(CCC(=O)NCCOCC(=O)O)cc1Br. The van der Waals surface area contributed by atoms with Gasteiger partial charge in [0.05, 0.1) is 18.2 Å². The van der Waals surface area contributed by atoms with Crippen LogP contribution in [0.2, 0.25) is 0 Å². The molecule has 116 valence electrons. The molecule has 1 amide bonds. The first-order valence-electron chi connectivity index (χ1n) is 6.41. The van der Waals surface area contributed by atoms with E-state index in [1.165, 1.54) is 0 Å². The summed E-state index contributed by atoms with van der Waals surface area (Å²) >= 11 is 3.40. The third-order valence-electron chi connectivity index (χ3n) is 2.65. The number of aryl methyl sites for hydroxylation is 1. The van der Waals surface area contributed by atoms with E-state index < -0.39 is 5.97 Å². The molecule has 0 aliphatic carbocycles. The number of carbonyl (C=O) groups is 2. The van der Waals surface area contributed by atoms with Gasteiger partial charge in [-0.25, -0.2) is 4.79 Å². The van der Waals surface area contributed by atoms with Gasteiger partial charge in [0.25, 0.3) is 0 Å². The number of hydrogen-bond acceptors (Lipinski definition) is 4. The molecule has 1 rings (SSSR count). The van der Waals surface area contributed by atoms with Gasteiger partial charge in [-0.05, 0) is 40.0 Å². The number of carboxylic acids is 1. The Hall–Kier alpha value is -1.60. The van der Waals surface area contributed by atoms with Crippen LogP contribution in [0.1, 0.15) is 12.0 Å². The fourth-order valence-corrected chi connectivity index (χ4v) is 2.22. The largest absolute Gasteiger partial charge is 0.496 e. The molecule has 0 atom stereocenters. The highest BCUT2D eigenvalue weighted by molar-refractivity contribution is 9.10. The molecule has 1 aromatic carbocycles. The number of aliphatic carboxylic acids is 1. The maximum absolute atomic E-state index is 11.6. The Kier molecular flexibility index (Phi) is 7.78. The van der Waals surface area contributed by atoms with Crippen LogP contribution in [0.3, 0.4) is 0 Å². The molecule has 6 nitrogen and oxygen atoms in total. The van der Waals surface area contributed by atoms with E-state index in [4.69, 9.17) is 14.6 Å². The van der Waals surface area contributed by atoms with Crippen LogP contribution in [0.25, 0.3) is 0 Å². The van der Waals surface area contributed by atoms with Gasteiger partial charge in [-0.15, -0.1) is 0 Å². The highest BCUT2D eigenvalue weighted by Gasteiger charge is 2.05. The molecule has 0 unspecified atom stereocenters. The van der Waals surface area contributed by atoms with E-state index >= 15 is 0 Å². The van der Waals surface area contributed by atoms with Gasteiger partial charge in [0.2, 0.25) is 5.91 Å². The first kappa shape index (κ1) is 17.5. The van der Waals surface area contributed by atoms with Crippen molar-refractivity contribution in [2.24, 2.45) is 0 Å². The third-order valence-corrected chi connectivity index (χ3v) is 3.27. The molecule has 1 aromatic rings. The molecule has 0 aliphatic rings. The summed E-state index contributed by atoms with van der Waals surface area (Å²) in [6.07, 6.45) is 0.974. The number of benzene rings is 1. The molecule has 0 saturated carbocycles. The first-order valence-corrected chi connectivity index (χ1v) is 7.21. The number of amides is 1. The van der Waals surface area contributed by atoms with Crippen LogP contribution in [-0.4, -0.2) is 43.9 Å². The molecule has 0 fully saturated rings. The van der Waals surface area contributed by atoms with Gasteiger partial charge in [0.15, 0.2) is 0 Å².